The Balaban J connectivity index is 2.09. The molecule has 0 unspecified atom stereocenters. The van der Waals surface area contributed by atoms with Gasteiger partial charge in [-0.1, -0.05) is 11.6 Å². The number of likely N-dealkylation sites (N-methyl/N-ethyl adjacent to an activating group) is 1. The first-order valence-electron chi connectivity index (χ1n) is 7.10. The van der Waals surface area contributed by atoms with E-state index in [9.17, 15) is 17.6 Å². The maximum absolute atomic E-state index is 13.1. The van der Waals surface area contributed by atoms with E-state index in [4.69, 9.17) is 16.3 Å². The van der Waals surface area contributed by atoms with Crippen LogP contribution >= 0.6 is 11.6 Å². The molecule has 0 spiro atoms. The second-order valence-corrected chi connectivity index (χ2v) is 7.37. The third-order valence-corrected chi connectivity index (χ3v) is 4.85. The van der Waals surface area contributed by atoms with E-state index in [1.54, 1.807) is 14.1 Å². The Labute approximate surface area is 150 Å². The lowest BCUT2D eigenvalue weighted by Gasteiger charge is -2.12. The monoisotopic (exact) mass is 386 g/mol. The number of halogens is 2. The Bertz CT molecular complexity index is 870. The van der Waals surface area contributed by atoms with Crippen LogP contribution in [0, 0.1) is 5.82 Å². The van der Waals surface area contributed by atoms with Gasteiger partial charge >= 0.3 is 0 Å². The average Bonchev–Trinajstić information content (AvgIpc) is 2.56. The van der Waals surface area contributed by atoms with Crippen LogP contribution in [0.3, 0.4) is 0 Å². The highest BCUT2D eigenvalue weighted by Crippen LogP contribution is 2.23. The van der Waals surface area contributed by atoms with Gasteiger partial charge in [-0.25, -0.2) is 12.8 Å². The lowest BCUT2D eigenvalue weighted by molar-refractivity contribution is -0.130. The van der Waals surface area contributed by atoms with E-state index in [1.165, 1.54) is 41.3 Å². The molecule has 1 amide bonds. The summed E-state index contributed by atoms with van der Waals surface area (Å²) in [6.45, 7) is -0.147. The predicted octanol–water partition coefficient (Wildman–Crippen LogP) is 2.75. The molecule has 1 N–H and O–H groups in total. The minimum atomic E-state index is -3.87. The van der Waals surface area contributed by atoms with Crippen LogP contribution < -0.4 is 9.46 Å². The summed E-state index contributed by atoms with van der Waals surface area (Å²) in [5.74, 6) is -0.496. The topological polar surface area (TPSA) is 75.7 Å². The SMILES string of the molecule is CN(C)C(=O)COc1ccc(S(=O)(=O)Nc2ccc(F)c(Cl)c2)cc1. The van der Waals surface area contributed by atoms with Gasteiger partial charge < -0.3 is 9.64 Å². The van der Waals surface area contributed by atoms with Gasteiger partial charge in [0, 0.05) is 14.1 Å². The maximum Gasteiger partial charge on any atom is 0.261 e. The summed E-state index contributed by atoms with van der Waals surface area (Å²) in [6, 6.07) is 9.07. The van der Waals surface area contributed by atoms with Crippen LogP contribution in [0.15, 0.2) is 47.4 Å². The number of sulfonamides is 1. The molecule has 6 nitrogen and oxygen atoms in total. The van der Waals surface area contributed by atoms with Gasteiger partial charge in [-0.05, 0) is 42.5 Å². The number of nitrogens with zero attached hydrogens (tertiary/aromatic N) is 1. The molecule has 2 aromatic carbocycles. The number of hydrogen-bond acceptors (Lipinski definition) is 4. The number of nitrogens with one attached hydrogen (secondary N) is 1. The minimum Gasteiger partial charge on any atom is -0.484 e. The van der Waals surface area contributed by atoms with E-state index in [-0.39, 0.29) is 28.1 Å². The molecule has 2 rings (SSSR count). The summed E-state index contributed by atoms with van der Waals surface area (Å²) in [7, 11) is -0.654. The molecule has 0 fully saturated rings. The summed E-state index contributed by atoms with van der Waals surface area (Å²) < 4.78 is 45.3. The van der Waals surface area contributed by atoms with E-state index < -0.39 is 15.8 Å². The molecule has 0 atom stereocenters. The molecule has 25 heavy (non-hydrogen) atoms. The van der Waals surface area contributed by atoms with Gasteiger partial charge in [0.25, 0.3) is 15.9 Å². The Morgan fingerprint density at radius 3 is 2.40 bits per heavy atom. The van der Waals surface area contributed by atoms with Crippen LogP contribution in [0.5, 0.6) is 5.75 Å². The molecule has 0 bridgehead atoms. The van der Waals surface area contributed by atoms with E-state index in [2.05, 4.69) is 4.72 Å². The molecule has 0 saturated carbocycles. The van der Waals surface area contributed by atoms with Gasteiger partial charge in [0.05, 0.1) is 15.6 Å². The molecule has 2 aromatic rings. The van der Waals surface area contributed by atoms with Crippen molar-refractivity contribution in [3.8, 4) is 5.75 Å². The molecule has 9 heteroatoms. The molecular formula is C16H16ClFN2O4S. The zero-order chi connectivity index (χ0) is 18.6. The highest BCUT2D eigenvalue weighted by atomic mass is 35.5. The minimum absolute atomic E-state index is 0.0146. The number of ether oxygens (including phenoxy) is 1. The number of carbonyl (C=O) groups is 1. The molecule has 0 radical (unpaired) electrons. The van der Waals surface area contributed by atoms with Crippen molar-refractivity contribution in [2.75, 3.05) is 25.4 Å². The summed E-state index contributed by atoms with van der Waals surface area (Å²) in [6.07, 6.45) is 0. The number of amides is 1. The fraction of sp³-hybridized carbons (Fsp3) is 0.188. The Morgan fingerprint density at radius 2 is 1.84 bits per heavy atom. The van der Waals surface area contributed by atoms with Crippen LogP contribution in [0.25, 0.3) is 0 Å². The molecule has 0 aliphatic carbocycles. The number of rotatable bonds is 6. The zero-order valence-electron chi connectivity index (χ0n) is 13.5. The van der Waals surface area contributed by atoms with Crippen molar-refractivity contribution >= 4 is 33.2 Å². The van der Waals surface area contributed by atoms with Crippen LogP contribution in [-0.2, 0) is 14.8 Å². The largest absolute Gasteiger partial charge is 0.484 e. The predicted molar refractivity (Wildman–Crippen MR) is 92.8 cm³/mol. The van der Waals surface area contributed by atoms with Gasteiger partial charge in [-0.2, -0.15) is 0 Å². The number of anilines is 1. The second-order valence-electron chi connectivity index (χ2n) is 5.28. The van der Waals surface area contributed by atoms with Crippen molar-refractivity contribution in [3.63, 3.8) is 0 Å². The van der Waals surface area contributed by atoms with Gasteiger partial charge in [-0.3, -0.25) is 9.52 Å². The van der Waals surface area contributed by atoms with Crippen molar-refractivity contribution in [3.05, 3.63) is 53.3 Å². The van der Waals surface area contributed by atoms with E-state index in [0.29, 0.717) is 5.75 Å². The molecule has 0 aromatic heterocycles. The van der Waals surface area contributed by atoms with Crippen molar-refractivity contribution < 1.29 is 22.3 Å². The number of benzene rings is 2. The average molecular weight is 387 g/mol. The van der Waals surface area contributed by atoms with Gasteiger partial charge in [0.15, 0.2) is 6.61 Å². The lowest BCUT2D eigenvalue weighted by Crippen LogP contribution is -2.27. The highest BCUT2D eigenvalue weighted by molar-refractivity contribution is 7.92. The van der Waals surface area contributed by atoms with E-state index in [0.717, 1.165) is 6.07 Å². The Kier molecular flexibility index (Phi) is 5.86. The zero-order valence-corrected chi connectivity index (χ0v) is 15.1. The summed E-state index contributed by atoms with van der Waals surface area (Å²) in [4.78, 5) is 12.8. The van der Waals surface area contributed by atoms with Gasteiger partial charge in [0.2, 0.25) is 0 Å². The van der Waals surface area contributed by atoms with Crippen molar-refractivity contribution in [1.29, 1.82) is 0 Å². The fourth-order valence-corrected chi connectivity index (χ4v) is 2.99. The van der Waals surface area contributed by atoms with Crippen molar-refractivity contribution in [1.82, 2.24) is 4.90 Å². The van der Waals surface area contributed by atoms with Crippen LogP contribution in [-0.4, -0.2) is 39.9 Å². The first kappa shape index (κ1) is 19.0. The highest BCUT2D eigenvalue weighted by Gasteiger charge is 2.15. The quantitative estimate of drug-likeness (QED) is 0.828. The molecule has 0 heterocycles. The molecule has 134 valence electrons. The van der Waals surface area contributed by atoms with E-state index in [1.807, 2.05) is 0 Å². The van der Waals surface area contributed by atoms with Crippen molar-refractivity contribution in [2.45, 2.75) is 4.90 Å². The number of carbonyl (C=O) groups excluding carboxylic acids is 1. The van der Waals surface area contributed by atoms with E-state index >= 15 is 0 Å². The standard InChI is InChI=1S/C16H16ClFN2O4S/c1-20(2)16(21)10-24-12-4-6-13(7-5-12)25(22,23)19-11-3-8-15(18)14(17)9-11/h3-9,19H,10H2,1-2H3. The van der Waals surface area contributed by atoms with Crippen LogP contribution in [0.2, 0.25) is 5.02 Å². The fourth-order valence-electron chi connectivity index (χ4n) is 1.76. The molecular weight excluding hydrogens is 371 g/mol. The number of hydrogen-bond donors (Lipinski definition) is 1. The van der Waals surface area contributed by atoms with Crippen molar-refractivity contribution in [2.24, 2.45) is 0 Å². The lowest BCUT2D eigenvalue weighted by atomic mass is 10.3. The smallest absolute Gasteiger partial charge is 0.261 e. The molecule has 0 saturated heterocycles. The Hall–Kier alpha value is -2.32. The normalized spacial score (nSPS) is 11.0. The summed E-state index contributed by atoms with van der Waals surface area (Å²) in [5.41, 5.74) is 0.142. The third kappa shape index (κ3) is 5.07. The maximum atomic E-state index is 13.1. The summed E-state index contributed by atoms with van der Waals surface area (Å²) >= 11 is 5.63. The molecule has 0 aliphatic heterocycles. The first-order valence-corrected chi connectivity index (χ1v) is 8.96. The third-order valence-electron chi connectivity index (χ3n) is 3.17. The first-order chi connectivity index (χ1) is 11.7. The van der Waals surface area contributed by atoms with Crippen LogP contribution in [0.1, 0.15) is 0 Å². The van der Waals surface area contributed by atoms with Gasteiger partial charge in [-0.15, -0.1) is 0 Å². The van der Waals surface area contributed by atoms with Gasteiger partial charge in [0.1, 0.15) is 11.6 Å². The second kappa shape index (κ2) is 7.71. The summed E-state index contributed by atoms with van der Waals surface area (Å²) in [5, 5.41) is -0.186. The molecule has 0 aliphatic rings. The van der Waals surface area contributed by atoms with Crippen LogP contribution in [0.4, 0.5) is 10.1 Å². The Morgan fingerprint density at radius 1 is 1.20 bits per heavy atom.